The molecule has 0 N–H and O–H groups in total. The molecule has 3 nitrogen and oxygen atoms in total. The van der Waals surface area contributed by atoms with Crippen molar-refractivity contribution < 1.29 is 31.8 Å². The molecule has 14 heavy (non-hydrogen) atoms. The molecule has 0 fully saturated rings. The fourth-order valence-electron chi connectivity index (χ4n) is 1.19. The molecule has 0 aliphatic heterocycles. The van der Waals surface area contributed by atoms with E-state index in [-0.39, 0.29) is 29.7 Å². The van der Waals surface area contributed by atoms with Crippen molar-refractivity contribution in [2.75, 3.05) is 0 Å². The molecule has 0 amide bonds. The third kappa shape index (κ3) is 3.14. The van der Waals surface area contributed by atoms with Gasteiger partial charge >= 0.3 is 18.9 Å². The second kappa shape index (κ2) is 4.99. The monoisotopic (exact) mass is 206 g/mol. The predicted octanol–water partition coefficient (Wildman–Crippen LogP) is -1.28. The van der Waals surface area contributed by atoms with Crippen LogP contribution in [0.5, 0.6) is 0 Å². The molecule has 0 aromatic heterocycles. The van der Waals surface area contributed by atoms with Crippen LogP contribution in [0.15, 0.2) is 29.2 Å². The Hall–Kier alpha value is -0.273. The zero-order valence-corrected chi connectivity index (χ0v) is 9.34. The van der Waals surface area contributed by atoms with Crippen molar-refractivity contribution in [2.24, 2.45) is 0 Å². The van der Waals surface area contributed by atoms with Crippen LogP contribution in [-0.4, -0.2) is 13.0 Å². The molecule has 0 heterocycles. The van der Waals surface area contributed by atoms with Crippen LogP contribution in [0.25, 0.3) is 0 Å². The molecule has 5 heteroatoms. The Kier molecular flexibility index (Phi) is 4.89. The average molecular weight is 206 g/mol. The van der Waals surface area contributed by atoms with Crippen LogP contribution >= 0.6 is 0 Å². The summed E-state index contributed by atoms with van der Waals surface area (Å²) in [6.07, 6.45) is 0. The molecule has 1 rings (SSSR count). The van der Waals surface area contributed by atoms with Gasteiger partial charge in [0, 0.05) is 0 Å². The number of benzene rings is 1. The topological polar surface area (TPSA) is 57.2 Å². The summed E-state index contributed by atoms with van der Waals surface area (Å²) in [5.41, 5.74) is 0.581. The van der Waals surface area contributed by atoms with Gasteiger partial charge in [0.05, 0.1) is 4.90 Å². The Morgan fingerprint density at radius 2 is 1.71 bits per heavy atom. The fraction of sp³-hybridized carbons (Fsp3) is 0.333. The van der Waals surface area contributed by atoms with Gasteiger partial charge in [0.25, 0.3) is 0 Å². The van der Waals surface area contributed by atoms with Crippen molar-refractivity contribution in [3.05, 3.63) is 29.8 Å². The van der Waals surface area contributed by atoms with E-state index in [0.717, 1.165) is 0 Å². The minimum atomic E-state index is -4.33. The van der Waals surface area contributed by atoms with E-state index in [9.17, 15) is 13.0 Å². The van der Waals surface area contributed by atoms with E-state index < -0.39 is 10.1 Å². The molecule has 0 unspecified atom stereocenters. The van der Waals surface area contributed by atoms with Gasteiger partial charge in [-0.1, -0.05) is 32.0 Å². The van der Waals surface area contributed by atoms with Gasteiger partial charge in [-0.15, -0.1) is 0 Å². The Labute approximate surface area is 96.5 Å². The van der Waals surface area contributed by atoms with Gasteiger partial charge in [0.2, 0.25) is 0 Å². The third-order valence-electron chi connectivity index (χ3n) is 1.81. The smallest absolute Gasteiger partial charge is 0.744 e. The van der Waals surface area contributed by atoms with Crippen LogP contribution in [0.3, 0.4) is 0 Å². The van der Waals surface area contributed by atoms with Crippen molar-refractivity contribution in [2.45, 2.75) is 24.7 Å². The van der Waals surface area contributed by atoms with E-state index >= 15 is 0 Å². The summed E-state index contributed by atoms with van der Waals surface area (Å²) in [6.45, 7) is 3.70. The molecule has 72 valence electrons. The van der Waals surface area contributed by atoms with E-state index in [2.05, 4.69) is 0 Å². The minimum Gasteiger partial charge on any atom is -0.744 e. The first-order chi connectivity index (χ1) is 5.93. The Morgan fingerprint density at radius 3 is 2.07 bits per heavy atom. The predicted molar refractivity (Wildman–Crippen MR) is 48.5 cm³/mol. The maximum atomic E-state index is 10.8. The van der Waals surface area contributed by atoms with Crippen molar-refractivity contribution >= 4 is 10.1 Å². The second-order valence-corrected chi connectivity index (χ2v) is 4.49. The molecule has 0 aliphatic carbocycles. The van der Waals surface area contributed by atoms with Crippen molar-refractivity contribution in [3.63, 3.8) is 0 Å². The van der Waals surface area contributed by atoms with Crippen LogP contribution in [0, 0.1) is 0 Å². The van der Waals surface area contributed by atoms with Crippen molar-refractivity contribution in [1.82, 2.24) is 0 Å². The average Bonchev–Trinajstić information content (AvgIpc) is 2.03. The minimum absolute atomic E-state index is 0. The zero-order chi connectivity index (χ0) is 10.1. The molecular weight excluding hydrogens is 195 g/mol. The molecule has 0 radical (unpaired) electrons. The molecular formula is C9H11LiO3S. The largest absolute Gasteiger partial charge is 1.00 e. The molecule has 0 spiro atoms. The number of rotatable bonds is 2. The summed E-state index contributed by atoms with van der Waals surface area (Å²) in [4.78, 5) is -0.106. The summed E-state index contributed by atoms with van der Waals surface area (Å²) >= 11 is 0. The van der Waals surface area contributed by atoms with Gasteiger partial charge in [0.15, 0.2) is 0 Å². The molecule has 0 saturated carbocycles. The normalized spacial score (nSPS) is 11.1. The van der Waals surface area contributed by atoms with Crippen LogP contribution < -0.4 is 18.9 Å². The molecule has 1 aromatic rings. The maximum Gasteiger partial charge on any atom is 1.00 e. The van der Waals surface area contributed by atoms with Crippen molar-refractivity contribution in [1.29, 1.82) is 0 Å². The number of hydrogen-bond acceptors (Lipinski definition) is 3. The maximum absolute atomic E-state index is 10.8. The van der Waals surface area contributed by atoms with Crippen LogP contribution in [0.4, 0.5) is 0 Å². The molecule has 0 atom stereocenters. The van der Waals surface area contributed by atoms with Crippen LogP contribution in [-0.2, 0) is 10.1 Å². The van der Waals surface area contributed by atoms with Gasteiger partial charge in [0.1, 0.15) is 10.1 Å². The first-order valence-electron chi connectivity index (χ1n) is 3.97. The Bertz CT molecular complexity index is 398. The zero-order valence-electron chi connectivity index (χ0n) is 8.52. The van der Waals surface area contributed by atoms with E-state index in [1.807, 2.05) is 13.8 Å². The molecule has 0 bridgehead atoms. The Morgan fingerprint density at radius 1 is 1.21 bits per heavy atom. The summed E-state index contributed by atoms with van der Waals surface area (Å²) < 4.78 is 32.4. The third-order valence-corrected chi connectivity index (χ3v) is 2.72. The first-order valence-corrected chi connectivity index (χ1v) is 5.38. The van der Waals surface area contributed by atoms with Gasteiger partial charge in [-0.05, 0) is 17.5 Å². The Balaban J connectivity index is 0.00000169. The number of hydrogen-bond donors (Lipinski definition) is 0. The van der Waals surface area contributed by atoms with Crippen LogP contribution in [0.2, 0.25) is 0 Å². The standard InChI is InChI=1S/C9H12O3S.Li/c1-7(2)8-5-3-4-6-9(8)13(10,11)12;/h3-7H,1-2H3,(H,10,11,12);/q;+1/p-1. The van der Waals surface area contributed by atoms with Gasteiger partial charge < -0.3 is 4.55 Å². The first kappa shape index (κ1) is 13.7. The van der Waals surface area contributed by atoms with E-state index in [4.69, 9.17) is 0 Å². The quantitative estimate of drug-likeness (QED) is 0.447. The second-order valence-electron chi connectivity index (χ2n) is 3.15. The summed E-state index contributed by atoms with van der Waals surface area (Å²) in [6, 6.07) is 6.29. The van der Waals surface area contributed by atoms with Crippen LogP contribution in [0.1, 0.15) is 25.3 Å². The van der Waals surface area contributed by atoms with E-state index in [1.165, 1.54) is 6.07 Å². The SMILES string of the molecule is CC(C)c1ccccc1S(=O)(=O)[O-].[Li+]. The van der Waals surface area contributed by atoms with E-state index in [0.29, 0.717) is 5.56 Å². The van der Waals surface area contributed by atoms with Crippen molar-refractivity contribution in [3.8, 4) is 0 Å². The van der Waals surface area contributed by atoms with Gasteiger partial charge in [-0.25, -0.2) is 8.42 Å². The van der Waals surface area contributed by atoms with Gasteiger partial charge in [-0.2, -0.15) is 0 Å². The summed E-state index contributed by atoms with van der Waals surface area (Å²) in [7, 11) is -4.33. The summed E-state index contributed by atoms with van der Waals surface area (Å²) in [5, 5.41) is 0. The van der Waals surface area contributed by atoms with Gasteiger partial charge in [-0.3, -0.25) is 0 Å². The molecule has 1 aromatic carbocycles. The molecule has 0 saturated heterocycles. The fourth-order valence-corrected chi connectivity index (χ4v) is 2.02. The van der Waals surface area contributed by atoms with E-state index in [1.54, 1.807) is 18.2 Å². The molecule has 0 aliphatic rings. The summed E-state index contributed by atoms with van der Waals surface area (Å²) in [5.74, 6) is 0.0416.